The van der Waals surface area contributed by atoms with Gasteiger partial charge < -0.3 is 0 Å². The van der Waals surface area contributed by atoms with Crippen LogP contribution in [-0.2, 0) is 6.42 Å². The monoisotopic (exact) mass is 293 g/mol. The summed E-state index contributed by atoms with van der Waals surface area (Å²) in [5.41, 5.74) is 2.47. The lowest BCUT2D eigenvalue weighted by atomic mass is 10.0. The van der Waals surface area contributed by atoms with Crippen molar-refractivity contribution in [3.63, 3.8) is 0 Å². The second-order valence-corrected chi connectivity index (χ2v) is 5.46. The minimum Gasteiger partial charge on any atom is -0.292 e. The van der Waals surface area contributed by atoms with E-state index in [2.05, 4.69) is 5.10 Å². The Morgan fingerprint density at radius 2 is 1.82 bits per heavy atom. The van der Waals surface area contributed by atoms with E-state index in [9.17, 15) is 9.59 Å². The van der Waals surface area contributed by atoms with E-state index in [1.165, 1.54) is 10.2 Å². The lowest BCUT2D eigenvalue weighted by Gasteiger charge is -2.29. The molecule has 1 aliphatic rings. The number of aromatic nitrogens is 2. The Morgan fingerprint density at radius 1 is 1.05 bits per heavy atom. The molecule has 5 nitrogen and oxygen atoms in total. The van der Waals surface area contributed by atoms with Gasteiger partial charge in [0.15, 0.2) is 0 Å². The van der Waals surface area contributed by atoms with Crippen molar-refractivity contribution in [2.75, 3.05) is 11.4 Å². The molecule has 0 saturated carbocycles. The molecular formula is C17H15N3O2. The molecule has 0 saturated heterocycles. The summed E-state index contributed by atoms with van der Waals surface area (Å²) in [6.45, 7) is 0.657. The van der Waals surface area contributed by atoms with Crippen LogP contribution in [0.15, 0.2) is 53.3 Å². The highest BCUT2D eigenvalue weighted by Crippen LogP contribution is 2.27. The Hall–Kier alpha value is -2.82. The molecule has 110 valence electrons. The van der Waals surface area contributed by atoms with Gasteiger partial charge in [0.1, 0.15) is 0 Å². The molecule has 1 amide bonds. The molecular weight excluding hydrogens is 278 g/mol. The number of aryl methyl sites for hydroxylation is 1. The maximum Gasteiger partial charge on any atom is 0.348 e. The topological polar surface area (TPSA) is 58.1 Å². The fourth-order valence-corrected chi connectivity index (χ4v) is 3.09. The van der Waals surface area contributed by atoms with Gasteiger partial charge in [0.25, 0.3) is 5.56 Å². The number of carbonyl (C=O) groups excluding carboxylic acids is 1. The summed E-state index contributed by atoms with van der Waals surface area (Å²) in [6, 6.07) is 14.8. The van der Waals surface area contributed by atoms with Crippen LogP contribution in [-0.4, -0.2) is 22.4 Å². The molecule has 5 heteroatoms. The van der Waals surface area contributed by atoms with Crippen LogP contribution < -0.4 is 10.5 Å². The van der Waals surface area contributed by atoms with Gasteiger partial charge in [-0.25, -0.2) is 9.48 Å². The van der Waals surface area contributed by atoms with E-state index in [1.54, 1.807) is 23.1 Å². The van der Waals surface area contributed by atoms with Gasteiger partial charge >= 0.3 is 6.03 Å². The van der Waals surface area contributed by atoms with Crippen molar-refractivity contribution in [2.45, 2.75) is 12.8 Å². The minimum atomic E-state index is -0.241. The maximum absolute atomic E-state index is 12.9. The smallest absolute Gasteiger partial charge is 0.292 e. The number of carbonyl (C=O) groups is 1. The molecule has 2 aromatic carbocycles. The molecule has 0 unspecified atom stereocenters. The van der Waals surface area contributed by atoms with Crippen molar-refractivity contribution in [3.05, 3.63) is 64.4 Å². The molecule has 0 fully saturated rings. The van der Waals surface area contributed by atoms with Crippen molar-refractivity contribution >= 4 is 22.6 Å². The van der Waals surface area contributed by atoms with Crippen LogP contribution in [0.25, 0.3) is 10.9 Å². The summed E-state index contributed by atoms with van der Waals surface area (Å²) >= 11 is 0. The van der Waals surface area contributed by atoms with Crippen LogP contribution in [0.5, 0.6) is 0 Å². The number of H-pyrrole nitrogens is 1. The van der Waals surface area contributed by atoms with E-state index >= 15 is 0 Å². The van der Waals surface area contributed by atoms with Gasteiger partial charge in [-0.1, -0.05) is 30.3 Å². The number of amides is 1. The van der Waals surface area contributed by atoms with Crippen LogP contribution >= 0.6 is 0 Å². The van der Waals surface area contributed by atoms with Gasteiger partial charge in [-0.3, -0.25) is 14.8 Å². The average Bonchev–Trinajstić information content (AvgIpc) is 2.91. The molecule has 2 heterocycles. The molecule has 22 heavy (non-hydrogen) atoms. The predicted molar refractivity (Wildman–Crippen MR) is 85.5 cm³/mol. The number of nitrogens with one attached hydrogen (secondary N) is 1. The van der Waals surface area contributed by atoms with E-state index in [4.69, 9.17) is 0 Å². The molecule has 3 aromatic rings. The molecule has 0 atom stereocenters. The number of fused-ring (bicyclic) bond motifs is 2. The largest absolute Gasteiger partial charge is 0.348 e. The Bertz CT molecular complexity index is 923. The van der Waals surface area contributed by atoms with E-state index in [0.29, 0.717) is 17.4 Å². The fourth-order valence-electron chi connectivity index (χ4n) is 3.09. The SMILES string of the molecule is O=C(N1CCCc2ccccc21)n1[nH]c(=O)c2ccccc21. The number of rotatable bonds is 0. The molecule has 4 rings (SSSR count). The summed E-state index contributed by atoms with van der Waals surface area (Å²) in [5.74, 6) is 0. The van der Waals surface area contributed by atoms with E-state index < -0.39 is 0 Å². The molecule has 0 spiro atoms. The number of benzene rings is 2. The molecule has 0 radical (unpaired) electrons. The Labute approximate surface area is 126 Å². The van der Waals surface area contributed by atoms with Gasteiger partial charge in [0, 0.05) is 12.2 Å². The molecule has 1 N–H and O–H groups in total. The summed E-state index contributed by atoms with van der Waals surface area (Å²) in [5, 5.41) is 3.18. The number of anilines is 1. The second-order valence-electron chi connectivity index (χ2n) is 5.46. The Balaban J connectivity index is 1.84. The fraction of sp³-hybridized carbons (Fsp3) is 0.176. The number of aromatic amines is 1. The molecule has 0 bridgehead atoms. The zero-order chi connectivity index (χ0) is 15.1. The third-order valence-corrected chi connectivity index (χ3v) is 4.14. The van der Waals surface area contributed by atoms with Crippen LogP contribution in [0.3, 0.4) is 0 Å². The van der Waals surface area contributed by atoms with Crippen molar-refractivity contribution in [2.24, 2.45) is 0 Å². The maximum atomic E-state index is 12.9. The Morgan fingerprint density at radius 3 is 2.73 bits per heavy atom. The summed E-state index contributed by atoms with van der Waals surface area (Å²) < 4.78 is 1.35. The first-order valence-corrected chi connectivity index (χ1v) is 7.35. The number of hydrogen-bond donors (Lipinski definition) is 1. The molecule has 1 aliphatic heterocycles. The highest BCUT2D eigenvalue weighted by Gasteiger charge is 2.25. The number of hydrogen-bond acceptors (Lipinski definition) is 2. The first kappa shape index (κ1) is 12.9. The van der Waals surface area contributed by atoms with Crippen molar-refractivity contribution < 1.29 is 4.79 Å². The zero-order valence-electron chi connectivity index (χ0n) is 12.0. The second kappa shape index (κ2) is 4.87. The van der Waals surface area contributed by atoms with Crippen molar-refractivity contribution in [3.8, 4) is 0 Å². The quantitative estimate of drug-likeness (QED) is 0.693. The normalized spacial score (nSPS) is 14.1. The van der Waals surface area contributed by atoms with Gasteiger partial charge in [-0.05, 0) is 36.6 Å². The van der Waals surface area contributed by atoms with Gasteiger partial charge in [0.2, 0.25) is 0 Å². The lowest BCUT2D eigenvalue weighted by molar-refractivity contribution is 0.245. The molecule has 1 aromatic heterocycles. The van der Waals surface area contributed by atoms with Crippen LogP contribution in [0.1, 0.15) is 12.0 Å². The summed E-state index contributed by atoms with van der Waals surface area (Å²) in [6.07, 6.45) is 1.90. The van der Waals surface area contributed by atoms with Crippen molar-refractivity contribution in [1.29, 1.82) is 0 Å². The van der Waals surface area contributed by atoms with Crippen LogP contribution in [0.2, 0.25) is 0 Å². The third-order valence-electron chi connectivity index (χ3n) is 4.14. The van der Waals surface area contributed by atoms with Gasteiger partial charge in [-0.15, -0.1) is 0 Å². The number of para-hydroxylation sites is 2. The molecule has 0 aliphatic carbocycles. The third kappa shape index (κ3) is 1.86. The zero-order valence-corrected chi connectivity index (χ0v) is 12.0. The highest BCUT2D eigenvalue weighted by molar-refractivity contribution is 5.99. The van der Waals surface area contributed by atoms with E-state index in [0.717, 1.165) is 18.5 Å². The van der Waals surface area contributed by atoms with Gasteiger partial charge in [0.05, 0.1) is 10.9 Å². The first-order valence-electron chi connectivity index (χ1n) is 7.35. The highest BCUT2D eigenvalue weighted by atomic mass is 16.2. The van der Waals surface area contributed by atoms with Crippen LogP contribution in [0.4, 0.5) is 10.5 Å². The van der Waals surface area contributed by atoms with E-state index in [-0.39, 0.29) is 11.6 Å². The summed E-state index contributed by atoms with van der Waals surface area (Å²) in [4.78, 5) is 26.6. The van der Waals surface area contributed by atoms with Gasteiger partial charge in [-0.2, -0.15) is 0 Å². The minimum absolute atomic E-state index is 0.217. The Kier molecular flexibility index (Phi) is 2.85. The van der Waals surface area contributed by atoms with Crippen LogP contribution in [0, 0.1) is 0 Å². The average molecular weight is 293 g/mol. The number of nitrogens with zero attached hydrogens (tertiary/aromatic N) is 2. The van der Waals surface area contributed by atoms with E-state index in [1.807, 2.05) is 30.3 Å². The predicted octanol–water partition coefficient (Wildman–Crippen LogP) is 2.75. The van der Waals surface area contributed by atoms with Crippen molar-refractivity contribution in [1.82, 2.24) is 9.78 Å². The first-order chi connectivity index (χ1) is 10.8. The standard InChI is InChI=1S/C17H15N3O2/c21-16-13-8-2-4-10-15(13)20(18-16)17(22)19-11-5-7-12-6-1-3-9-14(12)19/h1-4,6,8-10H,5,7,11H2,(H,18,21). The summed E-state index contributed by atoms with van der Waals surface area (Å²) in [7, 11) is 0. The lowest BCUT2D eigenvalue weighted by Crippen LogP contribution is -2.39.